The van der Waals surface area contributed by atoms with Crippen molar-refractivity contribution in [2.24, 2.45) is 5.16 Å². The lowest BCUT2D eigenvalue weighted by atomic mass is 10.3. The average Bonchev–Trinajstić information content (AvgIpc) is 2.34. The second-order valence-corrected chi connectivity index (χ2v) is 9.39. The summed E-state index contributed by atoms with van der Waals surface area (Å²) in [6.07, 6.45) is 0. The summed E-state index contributed by atoms with van der Waals surface area (Å²) in [5.41, 5.74) is -0.0706. The van der Waals surface area contributed by atoms with Crippen molar-refractivity contribution in [3.8, 4) is 5.75 Å². The number of hydrogen-bond donors (Lipinski definition) is 0. The number of para-hydroxylation sites is 1. The predicted molar refractivity (Wildman–Crippen MR) is 80.1 cm³/mol. The minimum Gasteiger partial charge on any atom is -0.543 e. The van der Waals surface area contributed by atoms with Crippen molar-refractivity contribution in [1.29, 1.82) is 0 Å². The molecule has 0 radical (unpaired) electrons. The third kappa shape index (κ3) is 5.27. The zero-order chi connectivity index (χ0) is 15.2. The van der Waals surface area contributed by atoms with Crippen molar-refractivity contribution in [3.05, 3.63) is 42.7 Å². The second-order valence-electron chi connectivity index (χ2n) is 4.96. The predicted octanol–water partition coefficient (Wildman–Crippen LogP) is 2.96. The summed E-state index contributed by atoms with van der Waals surface area (Å²) in [5.74, 6) is -0.0876. The van der Waals surface area contributed by atoms with Crippen LogP contribution in [0.4, 0.5) is 0 Å². The Labute approximate surface area is 120 Å². The number of ether oxygens (including phenoxy) is 1. The van der Waals surface area contributed by atoms with Crippen molar-refractivity contribution >= 4 is 20.0 Å². The Hall–Kier alpha value is -2.08. The van der Waals surface area contributed by atoms with E-state index in [9.17, 15) is 4.79 Å². The van der Waals surface area contributed by atoms with Gasteiger partial charge in [0.1, 0.15) is 18.6 Å². The van der Waals surface area contributed by atoms with Crippen LogP contribution in [0.2, 0.25) is 19.6 Å². The van der Waals surface area contributed by atoms with Crippen molar-refractivity contribution < 1.29 is 18.8 Å². The maximum atomic E-state index is 12.1. The van der Waals surface area contributed by atoms with Crippen LogP contribution < -0.4 is 4.74 Å². The third-order valence-electron chi connectivity index (χ3n) is 2.02. The van der Waals surface area contributed by atoms with Crippen LogP contribution in [0.25, 0.3) is 0 Å². The van der Waals surface area contributed by atoms with Gasteiger partial charge in [0.2, 0.25) is 14.0 Å². The van der Waals surface area contributed by atoms with Gasteiger partial charge in [-0.1, -0.05) is 29.9 Å². The highest BCUT2D eigenvalue weighted by Gasteiger charge is 2.25. The van der Waals surface area contributed by atoms with Crippen LogP contribution in [0, 0.1) is 0 Å². The largest absolute Gasteiger partial charge is 0.543 e. The van der Waals surface area contributed by atoms with Gasteiger partial charge in [0, 0.05) is 0 Å². The summed E-state index contributed by atoms with van der Waals surface area (Å²) in [5, 5.41) is 3.64. The van der Waals surface area contributed by atoms with E-state index in [0.717, 1.165) is 0 Å². The molecule has 0 saturated heterocycles. The van der Waals surface area contributed by atoms with E-state index >= 15 is 0 Å². The molecule has 20 heavy (non-hydrogen) atoms. The molecule has 0 atom stereocenters. The first-order valence-electron chi connectivity index (χ1n) is 6.10. The lowest BCUT2D eigenvalue weighted by Gasteiger charge is -2.20. The molecule has 0 saturated carbocycles. The molecule has 0 aliphatic heterocycles. The molecule has 0 aliphatic rings. The molecule has 0 aliphatic carbocycles. The summed E-state index contributed by atoms with van der Waals surface area (Å²) < 4.78 is 10.8. The molecule has 0 bridgehead atoms. The molecule has 0 fully saturated rings. The minimum absolute atomic E-state index is 0.0706. The molecule has 1 aromatic carbocycles. The summed E-state index contributed by atoms with van der Waals surface area (Å²) in [7, 11) is -0.549. The minimum atomic E-state index is -1.89. The molecule has 5 nitrogen and oxygen atoms in total. The Morgan fingerprint density at radius 3 is 2.30 bits per heavy atom. The quantitative estimate of drug-likeness (QED) is 0.202. The fourth-order valence-electron chi connectivity index (χ4n) is 1.36. The Kier molecular flexibility index (Phi) is 5.51. The van der Waals surface area contributed by atoms with Crippen LogP contribution in [0.15, 0.2) is 47.8 Å². The van der Waals surface area contributed by atoms with E-state index < -0.39 is 14.3 Å². The summed E-state index contributed by atoms with van der Waals surface area (Å²) in [4.78, 5) is 16.7. The lowest BCUT2D eigenvalue weighted by molar-refractivity contribution is -0.127. The van der Waals surface area contributed by atoms with Crippen molar-refractivity contribution in [1.82, 2.24) is 0 Å². The number of esters is 1. The van der Waals surface area contributed by atoms with E-state index in [4.69, 9.17) is 9.16 Å². The van der Waals surface area contributed by atoms with E-state index in [1.165, 1.54) is 7.11 Å². The Bertz CT molecular complexity index is 506. The molecule has 108 valence electrons. The van der Waals surface area contributed by atoms with Gasteiger partial charge in [-0.15, -0.1) is 0 Å². The lowest BCUT2D eigenvalue weighted by Crippen LogP contribution is -2.31. The van der Waals surface area contributed by atoms with Crippen molar-refractivity contribution in [2.45, 2.75) is 19.6 Å². The van der Waals surface area contributed by atoms with Crippen LogP contribution >= 0.6 is 0 Å². The topological polar surface area (TPSA) is 57.1 Å². The first-order valence-corrected chi connectivity index (χ1v) is 9.51. The normalized spacial score (nSPS) is 11.7. The Morgan fingerprint density at radius 1 is 1.20 bits per heavy atom. The van der Waals surface area contributed by atoms with Crippen molar-refractivity contribution in [3.63, 3.8) is 0 Å². The summed E-state index contributed by atoms with van der Waals surface area (Å²) in [6.45, 7) is 9.65. The maximum Gasteiger partial charge on any atom is 0.369 e. The van der Waals surface area contributed by atoms with Crippen molar-refractivity contribution in [2.75, 3.05) is 7.11 Å². The second kappa shape index (κ2) is 6.90. The molecule has 1 rings (SSSR count). The van der Waals surface area contributed by atoms with Crippen LogP contribution in [-0.2, 0) is 14.1 Å². The highest BCUT2D eigenvalue weighted by Crippen LogP contribution is 2.14. The molecular formula is C14H19NO4Si. The van der Waals surface area contributed by atoms with E-state index in [2.05, 4.69) is 16.6 Å². The van der Waals surface area contributed by atoms with Gasteiger partial charge in [-0.05, 0) is 31.8 Å². The first-order chi connectivity index (χ1) is 9.33. The molecular weight excluding hydrogens is 274 g/mol. The zero-order valence-electron chi connectivity index (χ0n) is 12.2. The summed E-state index contributed by atoms with van der Waals surface area (Å²) >= 11 is 0. The number of carbonyl (C=O) groups excluding carboxylic acids is 1. The fraction of sp³-hybridized carbons (Fsp3) is 0.286. The van der Waals surface area contributed by atoms with Gasteiger partial charge in [0.15, 0.2) is 0 Å². The number of oxime groups is 1. The highest BCUT2D eigenvalue weighted by atomic mass is 28.4. The van der Waals surface area contributed by atoms with Gasteiger partial charge in [0.25, 0.3) is 0 Å². The standard InChI is InChI=1S/C14H19NO4Si/c1-11(19-20(3,4)5)13(15-17-2)14(16)18-12-9-7-6-8-10-12/h6-10H,1H2,2-5H3. The number of hydrogen-bond acceptors (Lipinski definition) is 5. The monoisotopic (exact) mass is 293 g/mol. The van der Waals surface area contributed by atoms with Gasteiger partial charge in [-0.3, -0.25) is 0 Å². The summed E-state index contributed by atoms with van der Waals surface area (Å²) in [6, 6.07) is 8.70. The van der Waals surface area contributed by atoms with Gasteiger partial charge >= 0.3 is 5.97 Å². The number of benzene rings is 1. The van der Waals surface area contributed by atoms with Crippen LogP contribution in [0.3, 0.4) is 0 Å². The van der Waals surface area contributed by atoms with Gasteiger partial charge in [0.05, 0.1) is 0 Å². The van der Waals surface area contributed by atoms with E-state index in [-0.39, 0.29) is 11.5 Å². The molecule has 0 unspecified atom stereocenters. The molecule has 0 spiro atoms. The smallest absolute Gasteiger partial charge is 0.369 e. The van der Waals surface area contributed by atoms with E-state index in [0.29, 0.717) is 5.75 Å². The van der Waals surface area contributed by atoms with E-state index in [1.807, 2.05) is 25.7 Å². The van der Waals surface area contributed by atoms with Gasteiger partial charge in [-0.25, -0.2) is 4.79 Å². The molecule has 0 aromatic heterocycles. The number of rotatable bonds is 6. The van der Waals surface area contributed by atoms with Crippen LogP contribution in [-0.4, -0.2) is 27.1 Å². The maximum absolute atomic E-state index is 12.1. The number of carbonyl (C=O) groups is 1. The Morgan fingerprint density at radius 2 is 1.80 bits per heavy atom. The molecule has 6 heteroatoms. The molecule has 0 heterocycles. The zero-order valence-corrected chi connectivity index (χ0v) is 13.2. The Balaban J connectivity index is 2.84. The average molecular weight is 293 g/mol. The SMILES string of the molecule is C=C(O[Si](C)(C)C)C(=NOC)C(=O)Oc1ccccc1. The van der Waals surface area contributed by atoms with Gasteiger partial charge in [-0.2, -0.15) is 0 Å². The van der Waals surface area contributed by atoms with Gasteiger partial charge < -0.3 is 14.0 Å². The molecule has 1 aromatic rings. The van der Waals surface area contributed by atoms with E-state index in [1.54, 1.807) is 24.3 Å². The highest BCUT2D eigenvalue weighted by molar-refractivity contribution is 6.70. The fourth-order valence-corrected chi connectivity index (χ4v) is 2.19. The molecule has 0 N–H and O–H groups in total. The van der Waals surface area contributed by atoms with Crippen LogP contribution in [0.5, 0.6) is 5.75 Å². The van der Waals surface area contributed by atoms with Crippen LogP contribution in [0.1, 0.15) is 0 Å². The first kappa shape index (κ1) is 16.0. The molecule has 0 amide bonds. The number of nitrogens with zero attached hydrogens (tertiary/aromatic N) is 1. The third-order valence-corrected chi connectivity index (χ3v) is 2.88.